The summed E-state index contributed by atoms with van der Waals surface area (Å²) in [7, 11) is 3.92. The number of rotatable bonds is 7. The van der Waals surface area contributed by atoms with Crippen LogP contribution < -0.4 is 0 Å². The van der Waals surface area contributed by atoms with Gasteiger partial charge in [0, 0.05) is 25.4 Å². The predicted molar refractivity (Wildman–Crippen MR) is 76.5 cm³/mol. The van der Waals surface area contributed by atoms with Gasteiger partial charge in [-0.05, 0) is 31.4 Å². The number of thioether (sulfide) groups is 1. The Bertz CT molecular complexity index is 330. The third-order valence-electron chi connectivity index (χ3n) is 2.89. The van der Waals surface area contributed by atoms with Crippen molar-refractivity contribution < 1.29 is 4.74 Å². The van der Waals surface area contributed by atoms with Crippen LogP contribution in [-0.4, -0.2) is 37.1 Å². The number of methoxy groups -OCH3 is 1. The van der Waals surface area contributed by atoms with E-state index in [0.717, 1.165) is 6.54 Å². The summed E-state index contributed by atoms with van der Waals surface area (Å²) in [4.78, 5) is 2.39. The van der Waals surface area contributed by atoms with Crippen molar-refractivity contribution in [1.82, 2.24) is 4.90 Å². The fourth-order valence-electron chi connectivity index (χ4n) is 1.80. The molecule has 0 amide bonds. The summed E-state index contributed by atoms with van der Waals surface area (Å²) in [6.45, 7) is 3.96. The molecule has 0 aliphatic heterocycles. The maximum absolute atomic E-state index is 5.16. The molecule has 3 heteroatoms. The Morgan fingerprint density at radius 1 is 1.35 bits per heavy atom. The molecule has 0 fully saturated rings. The fraction of sp³-hybridized carbons (Fsp3) is 0.571. The van der Waals surface area contributed by atoms with Gasteiger partial charge in [-0.1, -0.05) is 24.3 Å². The minimum absolute atomic E-state index is 0.607. The van der Waals surface area contributed by atoms with Gasteiger partial charge in [-0.25, -0.2) is 0 Å². The van der Waals surface area contributed by atoms with E-state index in [2.05, 4.69) is 49.4 Å². The molecule has 0 N–H and O–H groups in total. The van der Waals surface area contributed by atoms with Crippen LogP contribution in [0.3, 0.4) is 0 Å². The van der Waals surface area contributed by atoms with Crippen LogP contribution in [0.1, 0.15) is 18.1 Å². The summed E-state index contributed by atoms with van der Waals surface area (Å²) < 4.78 is 5.16. The summed E-state index contributed by atoms with van der Waals surface area (Å²) in [5, 5.41) is 0. The zero-order valence-electron chi connectivity index (χ0n) is 11.3. The highest BCUT2D eigenvalue weighted by molar-refractivity contribution is 7.98. The van der Waals surface area contributed by atoms with Gasteiger partial charge in [-0.3, -0.25) is 4.90 Å². The van der Waals surface area contributed by atoms with Crippen molar-refractivity contribution in [3.8, 4) is 0 Å². The lowest BCUT2D eigenvalue weighted by Gasteiger charge is -2.24. The third kappa shape index (κ3) is 5.11. The average Bonchev–Trinajstić information content (AvgIpc) is 2.30. The van der Waals surface area contributed by atoms with E-state index in [-0.39, 0.29) is 0 Å². The van der Waals surface area contributed by atoms with Gasteiger partial charge in [-0.2, -0.15) is 11.8 Å². The van der Waals surface area contributed by atoms with Crippen LogP contribution in [0.2, 0.25) is 0 Å². The summed E-state index contributed by atoms with van der Waals surface area (Å²) >= 11 is 1.90. The summed E-state index contributed by atoms with van der Waals surface area (Å²) in [6, 6.07) is 9.23. The lowest BCUT2D eigenvalue weighted by atomic mass is 10.1. The highest BCUT2D eigenvalue weighted by Gasteiger charge is 2.08. The molecule has 1 aromatic rings. The van der Waals surface area contributed by atoms with Crippen LogP contribution in [-0.2, 0) is 17.9 Å². The maximum atomic E-state index is 5.16. The highest BCUT2D eigenvalue weighted by atomic mass is 32.2. The Morgan fingerprint density at radius 2 is 2.06 bits per heavy atom. The van der Waals surface area contributed by atoms with Gasteiger partial charge in [-0.15, -0.1) is 0 Å². The molecule has 0 aliphatic rings. The van der Waals surface area contributed by atoms with E-state index in [1.165, 1.54) is 16.9 Å². The number of nitrogens with zero attached hydrogens (tertiary/aromatic N) is 1. The van der Waals surface area contributed by atoms with E-state index >= 15 is 0 Å². The number of ether oxygens (including phenoxy) is 1. The van der Waals surface area contributed by atoms with Crippen molar-refractivity contribution in [2.75, 3.05) is 26.2 Å². The van der Waals surface area contributed by atoms with Crippen LogP contribution in [0.25, 0.3) is 0 Å². The van der Waals surface area contributed by atoms with E-state index in [1.807, 2.05) is 11.8 Å². The molecule has 0 spiro atoms. The van der Waals surface area contributed by atoms with Gasteiger partial charge < -0.3 is 4.74 Å². The normalized spacial score (nSPS) is 13.0. The van der Waals surface area contributed by atoms with Crippen molar-refractivity contribution in [3.63, 3.8) is 0 Å². The zero-order valence-corrected chi connectivity index (χ0v) is 12.1. The molecular formula is C14H23NOS. The zero-order chi connectivity index (χ0) is 12.7. The van der Waals surface area contributed by atoms with Crippen LogP contribution in [0.15, 0.2) is 24.3 Å². The second kappa shape index (κ2) is 7.75. The van der Waals surface area contributed by atoms with Crippen LogP contribution in [0, 0.1) is 0 Å². The lowest BCUT2D eigenvalue weighted by molar-refractivity contribution is 0.184. The first kappa shape index (κ1) is 14.6. The largest absolute Gasteiger partial charge is 0.380 e. The molecule has 0 unspecified atom stereocenters. The van der Waals surface area contributed by atoms with Crippen molar-refractivity contribution in [2.45, 2.75) is 26.1 Å². The van der Waals surface area contributed by atoms with Gasteiger partial charge in [0.1, 0.15) is 0 Å². The smallest absolute Gasteiger partial charge is 0.0713 e. The molecule has 0 radical (unpaired) electrons. The van der Waals surface area contributed by atoms with E-state index in [9.17, 15) is 0 Å². The Morgan fingerprint density at radius 3 is 2.71 bits per heavy atom. The van der Waals surface area contributed by atoms with Gasteiger partial charge >= 0.3 is 0 Å². The SMILES string of the molecule is COCc1cccc(CN(C)[C@H](C)CSC)c1. The minimum Gasteiger partial charge on any atom is -0.380 e. The molecule has 0 aliphatic carbocycles. The van der Waals surface area contributed by atoms with E-state index in [4.69, 9.17) is 4.74 Å². The number of benzene rings is 1. The third-order valence-corrected chi connectivity index (χ3v) is 3.71. The van der Waals surface area contributed by atoms with Crippen LogP contribution in [0.4, 0.5) is 0 Å². The van der Waals surface area contributed by atoms with Crippen molar-refractivity contribution in [3.05, 3.63) is 35.4 Å². The molecule has 2 nitrogen and oxygen atoms in total. The Balaban J connectivity index is 2.58. The Hall–Kier alpha value is -0.510. The van der Waals surface area contributed by atoms with Gasteiger partial charge in [0.25, 0.3) is 0 Å². The molecule has 1 atom stereocenters. The minimum atomic E-state index is 0.607. The summed E-state index contributed by atoms with van der Waals surface area (Å²) in [6.07, 6.45) is 2.16. The van der Waals surface area contributed by atoms with E-state index in [1.54, 1.807) is 7.11 Å². The van der Waals surface area contributed by atoms with Crippen molar-refractivity contribution in [2.24, 2.45) is 0 Å². The molecule has 0 saturated heterocycles. The van der Waals surface area contributed by atoms with E-state index < -0.39 is 0 Å². The quantitative estimate of drug-likeness (QED) is 0.741. The average molecular weight is 253 g/mol. The Labute approximate surface area is 109 Å². The first-order chi connectivity index (χ1) is 8.17. The second-order valence-corrected chi connectivity index (χ2v) is 5.38. The van der Waals surface area contributed by atoms with Gasteiger partial charge in [0.15, 0.2) is 0 Å². The Kier molecular flexibility index (Phi) is 6.63. The van der Waals surface area contributed by atoms with Crippen LogP contribution >= 0.6 is 11.8 Å². The van der Waals surface area contributed by atoms with Crippen molar-refractivity contribution in [1.29, 1.82) is 0 Å². The maximum Gasteiger partial charge on any atom is 0.0713 e. The van der Waals surface area contributed by atoms with Crippen molar-refractivity contribution >= 4 is 11.8 Å². The molecule has 17 heavy (non-hydrogen) atoms. The topological polar surface area (TPSA) is 12.5 Å². The van der Waals surface area contributed by atoms with E-state index in [0.29, 0.717) is 12.6 Å². The lowest BCUT2D eigenvalue weighted by Crippen LogP contribution is -2.30. The molecule has 0 bridgehead atoms. The molecule has 1 rings (SSSR count). The molecule has 96 valence electrons. The fourth-order valence-corrected chi connectivity index (χ4v) is 2.53. The first-order valence-electron chi connectivity index (χ1n) is 5.93. The predicted octanol–water partition coefficient (Wildman–Crippen LogP) is 3.02. The van der Waals surface area contributed by atoms with Gasteiger partial charge in [0.05, 0.1) is 6.61 Å². The summed E-state index contributed by atoms with van der Waals surface area (Å²) in [5.74, 6) is 1.17. The molecule has 0 saturated carbocycles. The van der Waals surface area contributed by atoms with Gasteiger partial charge in [0.2, 0.25) is 0 Å². The number of hydrogen-bond donors (Lipinski definition) is 0. The molecule has 0 heterocycles. The molecule has 1 aromatic carbocycles. The highest BCUT2D eigenvalue weighted by Crippen LogP contribution is 2.11. The standard InChI is InChI=1S/C14H23NOS/c1-12(11-17-4)15(2)9-13-6-5-7-14(8-13)10-16-3/h5-8,12H,9-11H2,1-4H3/t12-/m1/s1. The second-order valence-electron chi connectivity index (χ2n) is 4.47. The summed E-state index contributed by atoms with van der Waals surface area (Å²) in [5.41, 5.74) is 2.60. The monoisotopic (exact) mass is 253 g/mol. The first-order valence-corrected chi connectivity index (χ1v) is 7.32. The molecular weight excluding hydrogens is 230 g/mol. The van der Waals surface area contributed by atoms with Crippen LogP contribution in [0.5, 0.6) is 0 Å². The number of hydrogen-bond acceptors (Lipinski definition) is 3. The molecule has 0 aromatic heterocycles.